The molecule has 2 atom stereocenters. The lowest BCUT2D eigenvalue weighted by Crippen LogP contribution is -2.42. The summed E-state index contributed by atoms with van der Waals surface area (Å²) in [6.45, 7) is 6.02. The van der Waals surface area contributed by atoms with E-state index in [1.807, 2.05) is 12.3 Å². The van der Waals surface area contributed by atoms with Gasteiger partial charge in [-0.1, -0.05) is 13.8 Å². The van der Waals surface area contributed by atoms with Crippen LogP contribution >= 0.6 is 11.3 Å². The summed E-state index contributed by atoms with van der Waals surface area (Å²) in [5.41, 5.74) is 5.79. The Balaban J connectivity index is 2.45. The summed E-state index contributed by atoms with van der Waals surface area (Å²) >= 11 is 1.53. The quantitative estimate of drug-likeness (QED) is 0.824. The lowest BCUT2D eigenvalue weighted by atomic mass is 10.0. The van der Waals surface area contributed by atoms with Gasteiger partial charge in [0.1, 0.15) is 5.01 Å². The second-order valence-electron chi connectivity index (χ2n) is 4.34. The number of aromatic nitrogens is 1. The van der Waals surface area contributed by atoms with Gasteiger partial charge in [-0.15, -0.1) is 11.3 Å². The molecule has 0 aliphatic carbocycles. The van der Waals surface area contributed by atoms with Crippen LogP contribution in [0.2, 0.25) is 0 Å². The summed E-state index contributed by atoms with van der Waals surface area (Å²) in [6, 6.07) is -0.492. The average Bonchev–Trinajstić information content (AvgIpc) is 2.68. The van der Waals surface area contributed by atoms with E-state index >= 15 is 0 Å². The molecule has 0 spiro atoms. The molecule has 1 rings (SSSR count). The number of hydrogen-bond donors (Lipinski definition) is 2. The normalized spacial score (nSPS) is 14.8. The minimum absolute atomic E-state index is 0.0642. The molecule has 1 heterocycles. The first-order chi connectivity index (χ1) is 7.50. The third-order valence-corrected chi connectivity index (χ3v) is 3.20. The molecule has 1 aromatic heterocycles. The molecule has 90 valence electrons. The summed E-state index contributed by atoms with van der Waals surface area (Å²) in [7, 11) is 0. The predicted molar refractivity (Wildman–Crippen MR) is 66.1 cm³/mol. The van der Waals surface area contributed by atoms with Crippen molar-refractivity contribution < 1.29 is 4.79 Å². The molecule has 0 radical (unpaired) electrons. The van der Waals surface area contributed by atoms with Crippen molar-refractivity contribution in [1.82, 2.24) is 10.3 Å². The molecule has 0 bridgehead atoms. The number of amides is 1. The van der Waals surface area contributed by atoms with Crippen LogP contribution in [0.3, 0.4) is 0 Å². The first kappa shape index (κ1) is 13.1. The van der Waals surface area contributed by atoms with E-state index < -0.39 is 6.04 Å². The topological polar surface area (TPSA) is 68.0 Å². The van der Waals surface area contributed by atoms with Crippen molar-refractivity contribution in [2.24, 2.45) is 11.7 Å². The Kier molecular flexibility index (Phi) is 4.89. The van der Waals surface area contributed by atoms with Gasteiger partial charge < -0.3 is 11.1 Å². The third kappa shape index (κ3) is 3.90. The Morgan fingerprint density at radius 1 is 1.56 bits per heavy atom. The zero-order valence-corrected chi connectivity index (χ0v) is 10.8. The van der Waals surface area contributed by atoms with Gasteiger partial charge in [-0.2, -0.15) is 0 Å². The maximum Gasteiger partial charge on any atom is 0.237 e. The molecule has 1 amide bonds. The monoisotopic (exact) mass is 241 g/mol. The molecular formula is C11H19N3OS. The fourth-order valence-electron chi connectivity index (χ4n) is 1.45. The van der Waals surface area contributed by atoms with Crippen molar-refractivity contribution in [2.45, 2.75) is 39.3 Å². The lowest BCUT2D eigenvalue weighted by Gasteiger charge is -2.17. The highest BCUT2D eigenvalue weighted by molar-refractivity contribution is 7.09. The van der Waals surface area contributed by atoms with Crippen LogP contribution in [-0.2, 0) is 4.79 Å². The van der Waals surface area contributed by atoms with E-state index in [9.17, 15) is 4.79 Å². The van der Waals surface area contributed by atoms with Gasteiger partial charge in [0.2, 0.25) is 5.91 Å². The molecule has 2 unspecified atom stereocenters. The lowest BCUT2D eigenvalue weighted by molar-refractivity contribution is -0.123. The zero-order chi connectivity index (χ0) is 12.1. The number of nitrogens with zero attached hydrogens (tertiary/aromatic N) is 1. The Bertz CT molecular complexity index is 324. The molecule has 1 aromatic rings. The molecule has 4 nitrogen and oxygen atoms in total. The molecule has 0 fully saturated rings. The number of hydrogen-bond acceptors (Lipinski definition) is 4. The van der Waals surface area contributed by atoms with Crippen LogP contribution in [0.1, 0.15) is 38.2 Å². The van der Waals surface area contributed by atoms with Crippen molar-refractivity contribution >= 4 is 17.2 Å². The van der Waals surface area contributed by atoms with Crippen molar-refractivity contribution in [3.05, 3.63) is 16.6 Å². The van der Waals surface area contributed by atoms with Crippen LogP contribution in [0.5, 0.6) is 0 Å². The first-order valence-electron chi connectivity index (χ1n) is 5.46. The molecule has 5 heteroatoms. The van der Waals surface area contributed by atoms with Gasteiger partial charge in [0.05, 0.1) is 12.1 Å². The van der Waals surface area contributed by atoms with Crippen molar-refractivity contribution in [1.29, 1.82) is 0 Å². The highest BCUT2D eigenvalue weighted by Gasteiger charge is 2.18. The van der Waals surface area contributed by atoms with Crippen LogP contribution < -0.4 is 11.1 Å². The maximum absolute atomic E-state index is 11.7. The van der Waals surface area contributed by atoms with E-state index in [1.165, 1.54) is 11.3 Å². The van der Waals surface area contributed by atoms with E-state index in [4.69, 9.17) is 5.73 Å². The van der Waals surface area contributed by atoms with Gasteiger partial charge >= 0.3 is 0 Å². The minimum atomic E-state index is -0.428. The number of carbonyl (C=O) groups is 1. The summed E-state index contributed by atoms with van der Waals surface area (Å²) in [4.78, 5) is 15.9. The van der Waals surface area contributed by atoms with Gasteiger partial charge in [-0.05, 0) is 19.3 Å². The van der Waals surface area contributed by atoms with Crippen molar-refractivity contribution in [2.75, 3.05) is 0 Å². The maximum atomic E-state index is 11.7. The molecular weight excluding hydrogens is 222 g/mol. The van der Waals surface area contributed by atoms with Crippen LogP contribution in [-0.4, -0.2) is 16.9 Å². The summed E-state index contributed by atoms with van der Waals surface area (Å²) < 4.78 is 0. The van der Waals surface area contributed by atoms with E-state index in [-0.39, 0.29) is 11.9 Å². The fourth-order valence-corrected chi connectivity index (χ4v) is 2.09. The Morgan fingerprint density at radius 2 is 2.25 bits per heavy atom. The molecule has 0 aromatic carbocycles. The van der Waals surface area contributed by atoms with Gasteiger partial charge in [-0.3, -0.25) is 4.79 Å². The van der Waals surface area contributed by atoms with Crippen molar-refractivity contribution in [3.63, 3.8) is 0 Å². The van der Waals surface area contributed by atoms with E-state index in [1.54, 1.807) is 6.20 Å². The van der Waals surface area contributed by atoms with Crippen LogP contribution in [0.25, 0.3) is 0 Å². The fraction of sp³-hybridized carbons (Fsp3) is 0.636. The summed E-state index contributed by atoms with van der Waals surface area (Å²) in [5, 5.41) is 5.67. The second kappa shape index (κ2) is 5.96. The largest absolute Gasteiger partial charge is 0.346 e. The smallest absolute Gasteiger partial charge is 0.237 e. The van der Waals surface area contributed by atoms with Gasteiger partial charge in [0, 0.05) is 11.6 Å². The van der Waals surface area contributed by atoms with Gasteiger partial charge in [0.25, 0.3) is 0 Å². The molecule has 16 heavy (non-hydrogen) atoms. The number of carbonyl (C=O) groups excluding carboxylic acids is 1. The Hall–Kier alpha value is -0.940. The SMILES string of the molecule is CC(C)CC(N)C(=O)NC(C)c1nccs1. The van der Waals surface area contributed by atoms with Crippen molar-refractivity contribution in [3.8, 4) is 0 Å². The van der Waals surface area contributed by atoms with Gasteiger partial charge in [-0.25, -0.2) is 4.98 Å². The van der Waals surface area contributed by atoms with Crippen LogP contribution in [0, 0.1) is 5.92 Å². The molecule has 0 aliphatic rings. The Labute approximate surface area is 100 Å². The molecule has 3 N–H and O–H groups in total. The standard InChI is InChI=1S/C11H19N3OS/c1-7(2)6-9(12)10(15)14-8(3)11-13-4-5-16-11/h4-5,7-9H,6,12H2,1-3H3,(H,14,15). The summed E-state index contributed by atoms with van der Waals surface area (Å²) in [6.07, 6.45) is 2.44. The average molecular weight is 241 g/mol. The third-order valence-electron chi connectivity index (χ3n) is 2.24. The summed E-state index contributed by atoms with van der Waals surface area (Å²) in [5.74, 6) is 0.326. The number of nitrogens with two attached hydrogens (primary N) is 1. The second-order valence-corrected chi connectivity index (χ2v) is 5.26. The molecule has 0 saturated carbocycles. The molecule has 0 aliphatic heterocycles. The zero-order valence-electron chi connectivity index (χ0n) is 9.93. The van der Waals surface area contributed by atoms with E-state index in [2.05, 4.69) is 24.1 Å². The molecule has 0 saturated heterocycles. The predicted octanol–water partition coefficient (Wildman–Crippen LogP) is 1.69. The van der Waals surface area contributed by atoms with E-state index in [0.29, 0.717) is 12.3 Å². The highest BCUT2D eigenvalue weighted by Crippen LogP contribution is 2.15. The number of rotatable bonds is 5. The number of nitrogens with one attached hydrogen (secondary N) is 1. The highest BCUT2D eigenvalue weighted by atomic mass is 32.1. The van der Waals surface area contributed by atoms with Gasteiger partial charge in [0.15, 0.2) is 0 Å². The van der Waals surface area contributed by atoms with Crippen LogP contribution in [0.4, 0.5) is 0 Å². The number of thiazole rings is 1. The van der Waals surface area contributed by atoms with E-state index in [0.717, 1.165) is 5.01 Å². The minimum Gasteiger partial charge on any atom is -0.346 e. The first-order valence-corrected chi connectivity index (χ1v) is 6.34. The van der Waals surface area contributed by atoms with Crippen LogP contribution in [0.15, 0.2) is 11.6 Å². The Morgan fingerprint density at radius 3 is 2.75 bits per heavy atom.